The summed E-state index contributed by atoms with van der Waals surface area (Å²) in [6.45, 7) is 9.60. The molecule has 0 spiro atoms. The number of carbonyl (C=O) groups is 1. The van der Waals surface area contributed by atoms with E-state index in [1.165, 1.54) is 5.57 Å². The molecule has 0 aromatic carbocycles. The fourth-order valence-electron chi connectivity index (χ4n) is 11.0. The van der Waals surface area contributed by atoms with Gasteiger partial charge in [-0.05, 0) is 70.6 Å². The van der Waals surface area contributed by atoms with E-state index in [9.17, 15) is 20.1 Å². The number of ether oxygens (including phenoxy) is 11. The lowest BCUT2D eigenvalue weighted by Gasteiger charge is -2.50. The molecule has 0 amide bonds. The number of hydrogen-bond donors (Lipinski definition) is 3. The predicted molar refractivity (Wildman–Crippen MR) is 194 cm³/mol. The van der Waals surface area contributed by atoms with E-state index in [0.717, 1.165) is 31.3 Å². The molecule has 3 N–H and O–H groups in total. The van der Waals surface area contributed by atoms with E-state index in [2.05, 4.69) is 13.0 Å². The summed E-state index contributed by atoms with van der Waals surface area (Å²) in [5.41, 5.74) is 0.310. The monoisotopic (exact) mass is 794 g/mol. The van der Waals surface area contributed by atoms with Crippen LogP contribution in [0.15, 0.2) is 23.5 Å². The summed E-state index contributed by atoms with van der Waals surface area (Å²) in [5.74, 6) is -1.80. The van der Waals surface area contributed by atoms with Gasteiger partial charge in [-0.1, -0.05) is 18.6 Å². The number of aliphatic hydroxyl groups is 3. The van der Waals surface area contributed by atoms with Crippen LogP contribution >= 0.6 is 0 Å². The smallest absolute Gasteiger partial charge is 0.310 e. The third-order valence-electron chi connectivity index (χ3n) is 14.4. The Hall–Kier alpha value is -1.73. The van der Waals surface area contributed by atoms with Crippen LogP contribution in [0.1, 0.15) is 92.4 Å². The number of methoxy groups -OCH3 is 2. The van der Waals surface area contributed by atoms with Crippen LogP contribution in [0.2, 0.25) is 0 Å². The average Bonchev–Trinajstić information content (AvgIpc) is 3.57. The summed E-state index contributed by atoms with van der Waals surface area (Å²) >= 11 is 0. The number of aliphatic hydroxyl groups excluding tert-OH is 2. The number of allylic oxidation sites excluding steroid dienone is 1. The zero-order chi connectivity index (χ0) is 39.7. The van der Waals surface area contributed by atoms with Gasteiger partial charge in [-0.25, -0.2) is 0 Å². The quantitative estimate of drug-likeness (QED) is 0.241. The maximum atomic E-state index is 13.7. The number of rotatable bonds is 8. The summed E-state index contributed by atoms with van der Waals surface area (Å²) in [6, 6.07) is 0. The minimum atomic E-state index is -1.49. The highest BCUT2D eigenvalue weighted by molar-refractivity contribution is 5.74. The van der Waals surface area contributed by atoms with E-state index in [1.54, 1.807) is 34.3 Å². The molecule has 6 heterocycles. The van der Waals surface area contributed by atoms with Crippen molar-refractivity contribution in [2.75, 3.05) is 20.8 Å². The number of carbonyl (C=O) groups excluding carboxylic acids is 1. The molecule has 8 rings (SSSR count). The molecular weight excluding hydrogens is 732 g/mol. The molecule has 56 heavy (non-hydrogen) atoms. The Bertz CT molecular complexity index is 1490. The second-order valence-corrected chi connectivity index (χ2v) is 17.7. The summed E-state index contributed by atoms with van der Waals surface area (Å²) in [7, 11) is 3.20. The van der Waals surface area contributed by atoms with Crippen LogP contribution < -0.4 is 0 Å². The first-order valence-corrected chi connectivity index (χ1v) is 20.7. The van der Waals surface area contributed by atoms with Crippen LogP contribution in [0.3, 0.4) is 0 Å². The van der Waals surface area contributed by atoms with Crippen LogP contribution in [0.5, 0.6) is 0 Å². The van der Waals surface area contributed by atoms with Gasteiger partial charge in [0.1, 0.15) is 18.3 Å². The highest BCUT2D eigenvalue weighted by atomic mass is 16.8. The van der Waals surface area contributed by atoms with Gasteiger partial charge in [0.15, 0.2) is 30.6 Å². The molecule has 0 aromatic rings. The molecule has 0 radical (unpaired) electrons. The number of fused-ring (bicyclic) bond motifs is 3. The first kappa shape index (κ1) is 41.0. The zero-order valence-corrected chi connectivity index (χ0v) is 33.7. The third kappa shape index (κ3) is 7.08. The maximum absolute atomic E-state index is 13.7. The van der Waals surface area contributed by atoms with E-state index in [4.69, 9.17) is 52.1 Å². The van der Waals surface area contributed by atoms with E-state index in [1.807, 2.05) is 13.8 Å². The normalized spacial score (nSPS) is 51.9. The Morgan fingerprint density at radius 1 is 0.821 bits per heavy atom. The van der Waals surface area contributed by atoms with E-state index in [-0.39, 0.29) is 54.6 Å². The van der Waals surface area contributed by atoms with Crippen molar-refractivity contribution in [3.05, 3.63) is 23.5 Å². The topological polar surface area (TPSA) is 179 Å². The standard InChI is InChI=1S/C41H62O15/c1-20-35(43)29(46-6)16-34(50-20)55-36-21(2)51-32(15-28(36)42)56-37-22(3)52-33(17-30(37)47-7)53-25-12-13-39(4)23(14-25)8-10-26-27(39)11-9-24-18-48-40(5)41(24,45)31(19-49-40)54-38(26)44/h8,18,20-22,25-37,42-43,45H,9-17,19H2,1-7H3/t20-,21+,22+,25-,26+,27-,28-,29+,30+,31+,32-,33-,34-,35-,36+,37+,39-,40-,41-/m0/s1. The SMILES string of the molecule is CO[C@@H]1C[C@H](O[C@H]2[C@@H](O)C[C@H](O[C@@H]3[C@@H](C)O[C@@H](O[C@H]4CC[C@@]5(C)C(=CC[C@H]6C(=O)O[C@@H]7CO[C@]8(C)OC=C(CC[C@@H]65)[C@]78O)C4)C[C@H]3OC)O[C@@H]2C)O[C@@H](C)[C@@H]1O. The molecule has 0 aromatic heterocycles. The van der Waals surface area contributed by atoms with Gasteiger partial charge in [0.2, 0.25) is 5.79 Å². The minimum Gasteiger partial charge on any atom is -0.466 e. The third-order valence-corrected chi connectivity index (χ3v) is 14.4. The van der Waals surface area contributed by atoms with Crippen LogP contribution in [-0.2, 0) is 56.9 Å². The summed E-state index contributed by atoms with van der Waals surface area (Å²) < 4.78 is 66.8. The van der Waals surface area contributed by atoms with Gasteiger partial charge in [-0.3, -0.25) is 4.79 Å². The molecule has 15 heteroatoms. The lowest BCUT2D eigenvalue weighted by atomic mass is 9.55. The highest BCUT2D eigenvalue weighted by Crippen LogP contribution is 2.58. The van der Waals surface area contributed by atoms with Crippen molar-refractivity contribution < 1.29 is 72.2 Å². The minimum absolute atomic E-state index is 0.0418. The number of esters is 1. The van der Waals surface area contributed by atoms with Gasteiger partial charge in [0.05, 0.1) is 61.5 Å². The summed E-state index contributed by atoms with van der Waals surface area (Å²) in [4.78, 5) is 13.7. The first-order valence-electron chi connectivity index (χ1n) is 20.7. The zero-order valence-electron chi connectivity index (χ0n) is 33.7. The molecule has 6 fully saturated rings. The highest BCUT2D eigenvalue weighted by Gasteiger charge is 2.68. The Morgan fingerprint density at radius 2 is 1.48 bits per heavy atom. The van der Waals surface area contributed by atoms with E-state index in [0.29, 0.717) is 25.7 Å². The van der Waals surface area contributed by atoms with Gasteiger partial charge in [0, 0.05) is 46.0 Å². The predicted octanol–water partition coefficient (Wildman–Crippen LogP) is 3.15. The Labute approximate surface area is 329 Å². The van der Waals surface area contributed by atoms with Gasteiger partial charge >= 0.3 is 5.97 Å². The van der Waals surface area contributed by atoms with E-state index < -0.39 is 79.1 Å². The summed E-state index contributed by atoms with van der Waals surface area (Å²) in [6.07, 6.45) is 1.42. The second kappa shape index (κ2) is 15.7. The fraction of sp³-hybridized carbons (Fsp3) is 0.878. The lowest BCUT2D eigenvalue weighted by Crippen LogP contribution is -2.56. The van der Waals surface area contributed by atoms with Crippen molar-refractivity contribution in [3.8, 4) is 0 Å². The number of hydrogen-bond acceptors (Lipinski definition) is 15. The molecule has 8 aliphatic rings. The molecule has 19 atom stereocenters. The van der Waals surface area contributed by atoms with Crippen molar-refractivity contribution in [2.24, 2.45) is 17.3 Å². The van der Waals surface area contributed by atoms with Crippen LogP contribution in [0, 0.1) is 17.3 Å². The molecule has 0 unspecified atom stereocenters. The molecule has 6 aliphatic heterocycles. The van der Waals surface area contributed by atoms with Crippen LogP contribution in [-0.4, -0.2) is 140 Å². The molecule has 1 saturated carbocycles. The summed E-state index contributed by atoms with van der Waals surface area (Å²) in [5, 5.41) is 33.3. The fourth-order valence-corrected chi connectivity index (χ4v) is 11.0. The Kier molecular flexibility index (Phi) is 11.5. The first-order chi connectivity index (χ1) is 26.7. The van der Waals surface area contributed by atoms with Crippen molar-refractivity contribution >= 4 is 5.97 Å². The Balaban J connectivity index is 0.857. The molecule has 0 bridgehead atoms. The second-order valence-electron chi connectivity index (χ2n) is 17.7. The Morgan fingerprint density at radius 3 is 2.21 bits per heavy atom. The van der Waals surface area contributed by atoms with Crippen LogP contribution in [0.4, 0.5) is 0 Å². The van der Waals surface area contributed by atoms with Crippen molar-refractivity contribution in [3.63, 3.8) is 0 Å². The molecular formula is C41H62O15. The van der Waals surface area contributed by atoms with Crippen LogP contribution in [0.25, 0.3) is 0 Å². The van der Waals surface area contributed by atoms with Gasteiger partial charge in [-0.2, -0.15) is 0 Å². The van der Waals surface area contributed by atoms with Crippen molar-refractivity contribution in [2.45, 2.75) is 190 Å². The van der Waals surface area contributed by atoms with E-state index >= 15 is 0 Å². The van der Waals surface area contributed by atoms with Gasteiger partial charge in [0.25, 0.3) is 0 Å². The molecule has 2 aliphatic carbocycles. The lowest BCUT2D eigenvalue weighted by molar-refractivity contribution is -0.337. The maximum Gasteiger partial charge on any atom is 0.310 e. The van der Waals surface area contributed by atoms with Gasteiger partial charge in [-0.15, -0.1) is 0 Å². The molecule has 316 valence electrons. The average molecular weight is 795 g/mol. The molecule has 15 nitrogen and oxygen atoms in total. The molecule has 5 saturated heterocycles. The van der Waals surface area contributed by atoms with Crippen molar-refractivity contribution in [1.29, 1.82) is 0 Å². The largest absolute Gasteiger partial charge is 0.466 e. The van der Waals surface area contributed by atoms with Gasteiger partial charge < -0.3 is 67.4 Å². The van der Waals surface area contributed by atoms with Crippen molar-refractivity contribution in [1.82, 2.24) is 0 Å².